The van der Waals surface area contributed by atoms with Gasteiger partial charge in [0, 0.05) is 44.7 Å². The number of esters is 2. The monoisotopic (exact) mass is 1310 g/mol. The second kappa shape index (κ2) is 77.1. The maximum atomic E-state index is 11.2. The van der Waals surface area contributed by atoms with Gasteiger partial charge in [-0.15, -0.1) is 0 Å². The van der Waals surface area contributed by atoms with Gasteiger partial charge >= 0.3 is 89.5 Å². The van der Waals surface area contributed by atoms with Crippen molar-refractivity contribution in [3.63, 3.8) is 0 Å². The molecule has 0 aliphatic carbocycles. The molecule has 433 valence electrons. The summed E-state index contributed by atoms with van der Waals surface area (Å²) in [6, 6.07) is 0. The van der Waals surface area contributed by atoms with Gasteiger partial charge in [0.2, 0.25) is 0 Å². The van der Waals surface area contributed by atoms with Crippen LogP contribution in [-0.2, 0) is 112 Å². The van der Waals surface area contributed by atoms with Crippen molar-refractivity contribution in [2.75, 3.05) is 39.6 Å². The first-order valence-electron chi connectivity index (χ1n) is 21.4. The van der Waals surface area contributed by atoms with Gasteiger partial charge in [-0.05, 0) is 111 Å². The zero-order valence-electron chi connectivity index (χ0n) is 46.1. The summed E-state index contributed by atoms with van der Waals surface area (Å²) >= 11 is 0.262. The average Bonchev–Trinajstić information content (AvgIpc) is 3.37. The minimum absolute atomic E-state index is 0. The van der Waals surface area contributed by atoms with E-state index in [1.54, 1.807) is 118 Å². The molecule has 0 saturated carbocycles. The van der Waals surface area contributed by atoms with E-state index < -0.39 is 26.8 Å². The number of carbonyl (C=O) groups is 7. The predicted octanol–water partition coefficient (Wildman–Crippen LogP) is 3.67. The van der Waals surface area contributed by atoms with Crippen LogP contribution in [0.25, 0.3) is 0 Å². The summed E-state index contributed by atoms with van der Waals surface area (Å²) < 4.78 is 34.2. The zero-order valence-corrected chi connectivity index (χ0v) is 49.2. The number of Topliss-reactive ketones (excluding diaryl/α,β-unsaturated/α-hetero) is 1. The van der Waals surface area contributed by atoms with E-state index in [2.05, 4.69) is 11.3 Å². The summed E-state index contributed by atoms with van der Waals surface area (Å²) in [5, 5.41) is 50.2. The third-order valence-corrected chi connectivity index (χ3v) is 7.01. The summed E-state index contributed by atoms with van der Waals surface area (Å²) in [5.74, 6) is -2.58. The Labute approximate surface area is 507 Å². The van der Waals surface area contributed by atoms with Crippen LogP contribution < -0.4 is 18.9 Å². The van der Waals surface area contributed by atoms with E-state index >= 15 is 0 Å². The molecule has 23 heteroatoms. The van der Waals surface area contributed by atoms with Gasteiger partial charge in [0.25, 0.3) is 0 Å². The van der Waals surface area contributed by atoms with Gasteiger partial charge in [0.05, 0.1) is 39.6 Å². The first kappa shape index (κ1) is 97.2. The van der Waals surface area contributed by atoms with Crippen LogP contribution in [0.1, 0.15) is 84.5 Å². The van der Waals surface area contributed by atoms with Crippen LogP contribution in [0.15, 0.2) is 166 Å². The number of aliphatic hydroxyl groups is 4. The van der Waals surface area contributed by atoms with E-state index in [1.165, 1.54) is 57.2 Å². The number of carbonyl (C=O) groups excluding carboxylic acids is 5. The number of ketones is 1. The molecule has 76 heavy (non-hydrogen) atoms. The number of hydrogen-bond acceptors (Lipinski definition) is 16. The summed E-state index contributed by atoms with van der Waals surface area (Å²) in [7, 11) is 0. The molecule has 0 aromatic rings. The topological polar surface area (TPSA) is 311 Å². The summed E-state index contributed by atoms with van der Waals surface area (Å²) in [6.45, 7) is 24.6. The number of aldehydes is 2. The van der Waals surface area contributed by atoms with Crippen molar-refractivity contribution >= 4 is 59.6 Å². The zero-order chi connectivity index (χ0) is 58.6. The van der Waals surface area contributed by atoms with Crippen molar-refractivity contribution in [1.82, 2.24) is 0 Å². The van der Waals surface area contributed by atoms with Crippen LogP contribution in [0.3, 0.4) is 0 Å². The summed E-state index contributed by atoms with van der Waals surface area (Å²) in [5.41, 5.74) is 5.21. The first-order chi connectivity index (χ1) is 34.3. The molecule has 0 bridgehead atoms. The Balaban J connectivity index is -0.0000000652. The fourth-order valence-electron chi connectivity index (χ4n) is 2.81. The van der Waals surface area contributed by atoms with Crippen molar-refractivity contribution in [3.8, 4) is 0 Å². The van der Waals surface area contributed by atoms with Crippen molar-refractivity contribution < 1.29 is 163 Å². The molecule has 0 aromatic carbocycles. The molecule has 0 rings (SSSR count). The van der Waals surface area contributed by atoms with Crippen molar-refractivity contribution in [2.24, 2.45) is 0 Å². The Morgan fingerprint density at radius 1 is 0.513 bits per heavy atom. The molecule has 0 saturated heterocycles. The fraction of sp³-hybridized carbons (Fsp3) is 0.340. The molecule has 0 aromatic heterocycles. The van der Waals surface area contributed by atoms with Crippen molar-refractivity contribution in [2.45, 2.75) is 83.1 Å². The number of aliphatic carboxylic acids is 2. The van der Waals surface area contributed by atoms with E-state index in [0.717, 1.165) is 23.7 Å². The standard InChI is InChI=1S/C13H18O3.C10H12O4.C10H16O2.C10H12O2.C6H10O2.C4H8O2.2Ag.Al.Li.Mn.3O.4H/c1-5-16-13(15)11(3)9-7-6-8-10(2)12(4)14;1-7(9(11)12)5-3-4-6-8(2)10(13)14;2*1-9(7-11)5-3-4-6-10(2)8-12;1-4-8-6(7)5(2)3;5-3-1-2-4-6;;;;;;;;;;;;/h6-9H,5H2,1-4H3;3-6H,1-2H3,(H,11,12)(H,13,14);3-6,11-12H,7-8H2,1-2H3;3-8H,1-2H3;2,4H2,1,3H3;1-2,5-6H,3-4H2;;;;;;;;;;;;/q;;;;;;;;;+1;;;;;;;;-1/b7-6+,10-8+,11-9+;4-3+,7-5+,8-6+;2*4-3+,9-5+,10-6+;;2-1+;;;;;;;;;;;;. The van der Waals surface area contributed by atoms with Crippen LogP contribution in [0, 0.1) is 0 Å². The molecule has 0 amide bonds. The fourth-order valence-corrected chi connectivity index (χ4v) is 2.81. The number of carboxylic acid groups (broad SMARTS) is 2. The number of hydrogen-bond donors (Lipinski definition) is 6. The molecule has 0 aliphatic rings. The molecular formula is C53H80Ag2AlLiMnO18. The maximum absolute atomic E-state index is 11.2. The Bertz CT molecular complexity index is 2010. The Morgan fingerprint density at radius 2 is 0.776 bits per heavy atom. The molecular weight excluding hydrogens is 1230 g/mol. The average molecular weight is 1310 g/mol. The molecule has 0 atom stereocenters. The van der Waals surface area contributed by atoms with Gasteiger partial charge < -0.3 is 41.5 Å². The second-order valence-electron chi connectivity index (χ2n) is 13.6. The van der Waals surface area contributed by atoms with Crippen LogP contribution >= 0.6 is 0 Å². The van der Waals surface area contributed by atoms with Gasteiger partial charge in [-0.1, -0.05) is 116 Å². The normalized spacial score (nSPS) is 11.5. The van der Waals surface area contributed by atoms with E-state index in [4.69, 9.17) is 46.3 Å². The number of rotatable bonds is 21. The van der Waals surface area contributed by atoms with E-state index in [1.807, 2.05) is 38.2 Å². The Kier molecular flexibility index (Phi) is 98.6. The number of allylic oxidation sites excluding steroid dienone is 19. The van der Waals surface area contributed by atoms with Crippen LogP contribution in [0.4, 0.5) is 0 Å². The molecule has 0 fully saturated rings. The van der Waals surface area contributed by atoms with Crippen molar-refractivity contribution in [3.05, 3.63) is 166 Å². The molecule has 18 nitrogen and oxygen atoms in total. The van der Waals surface area contributed by atoms with Crippen LogP contribution in [0.5, 0.6) is 0 Å². The molecule has 6 N–H and O–H groups in total. The summed E-state index contributed by atoms with van der Waals surface area (Å²) in [4.78, 5) is 73.4. The van der Waals surface area contributed by atoms with Gasteiger partial charge in [-0.3, -0.25) is 14.4 Å². The third-order valence-electron chi connectivity index (χ3n) is 7.01. The van der Waals surface area contributed by atoms with E-state index in [9.17, 15) is 33.6 Å². The first-order valence-corrected chi connectivity index (χ1v) is 23.0. The van der Waals surface area contributed by atoms with Gasteiger partial charge in [0.1, 0.15) is 12.6 Å². The van der Waals surface area contributed by atoms with Crippen LogP contribution in [-0.4, -0.2) is 130 Å². The Hall–Kier alpha value is -4.38. The van der Waals surface area contributed by atoms with Gasteiger partial charge in [-0.25, -0.2) is 19.2 Å². The second-order valence-corrected chi connectivity index (χ2v) is 13.8. The summed E-state index contributed by atoms with van der Waals surface area (Å²) in [6.07, 6.45) is 31.2. The molecule has 0 unspecified atom stereocenters. The van der Waals surface area contributed by atoms with E-state index in [-0.39, 0.29) is 115 Å². The third kappa shape index (κ3) is 89.2. The minimum atomic E-state index is -1.44. The molecule has 1 radical (unpaired) electrons. The molecule has 0 spiro atoms. The van der Waals surface area contributed by atoms with E-state index in [0.29, 0.717) is 41.1 Å². The Morgan fingerprint density at radius 3 is 1.00 bits per heavy atom. The number of ether oxygens (including phenoxy) is 2. The molecule has 0 aliphatic heterocycles. The number of carboxylic acids is 2. The van der Waals surface area contributed by atoms with Crippen molar-refractivity contribution in [1.29, 1.82) is 0 Å². The van der Waals surface area contributed by atoms with Gasteiger partial charge in [-0.2, -0.15) is 0 Å². The number of aliphatic hydroxyl groups excluding tert-OH is 4. The SMILES string of the molecule is C=C(C)C(=O)OCC.CCOC(=O)/C(C)=C/C=C/C=C(\C)C(C)=O.C\C(=C/C=C/C=C(\C)C(=O)O)C(=O)O.C\C(=C/C=C/C=C(\C)CO)CO.C\C(C=O)=C/C=C/C=C(\C)C=O.OC/C=C/CO.[Ag].[AlH3].[H-].[Li+].[O]=[Ag].[O]=[Mn]=[O]. The predicted molar refractivity (Wildman–Crippen MR) is 283 cm³/mol. The molecule has 0 heterocycles. The van der Waals surface area contributed by atoms with Crippen LogP contribution in [0.2, 0.25) is 0 Å². The quantitative estimate of drug-likeness (QED) is 0.0239. The van der Waals surface area contributed by atoms with Gasteiger partial charge in [0.15, 0.2) is 23.1 Å².